The van der Waals surface area contributed by atoms with E-state index in [9.17, 15) is 4.79 Å². The molecule has 4 nitrogen and oxygen atoms in total. The fourth-order valence-electron chi connectivity index (χ4n) is 3.55. The van der Waals surface area contributed by atoms with Gasteiger partial charge in [0.2, 0.25) is 0 Å². The third-order valence-corrected chi connectivity index (χ3v) is 4.57. The second-order valence-corrected chi connectivity index (χ2v) is 5.99. The number of carbonyl (C=O) groups is 1. The molecular weight excluding hydrogens is 240 g/mol. The number of carbonyl (C=O) groups excluding carboxylic acids is 1. The van der Waals surface area contributed by atoms with Crippen LogP contribution in [0.3, 0.4) is 0 Å². The molecule has 19 heavy (non-hydrogen) atoms. The van der Waals surface area contributed by atoms with Crippen LogP contribution >= 0.6 is 0 Å². The Hall–Kier alpha value is -1.29. The summed E-state index contributed by atoms with van der Waals surface area (Å²) in [5.41, 5.74) is 0.684. The molecule has 1 saturated heterocycles. The molecule has 0 radical (unpaired) electrons. The molecule has 1 unspecified atom stereocenters. The van der Waals surface area contributed by atoms with Crippen molar-refractivity contribution in [2.24, 2.45) is 11.8 Å². The highest BCUT2D eigenvalue weighted by atomic mass is 16.3. The molecule has 3 rings (SSSR count). The Morgan fingerprint density at radius 2 is 2.11 bits per heavy atom. The van der Waals surface area contributed by atoms with Crippen molar-refractivity contribution in [2.75, 3.05) is 13.1 Å². The number of rotatable bonds is 2. The second-order valence-electron chi connectivity index (χ2n) is 5.99. The molecular formula is C15H22N2O2. The Morgan fingerprint density at radius 3 is 2.84 bits per heavy atom. The molecule has 1 aliphatic heterocycles. The average molecular weight is 262 g/mol. The first-order valence-corrected chi connectivity index (χ1v) is 7.22. The number of nitrogens with one attached hydrogen (secondary N) is 2. The Bertz CT molecular complexity index is 480. The topological polar surface area (TPSA) is 54.3 Å². The Labute approximate surface area is 113 Å². The van der Waals surface area contributed by atoms with Gasteiger partial charge in [-0.2, -0.15) is 0 Å². The van der Waals surface area contributed by atoms with Crippen molar-refractivity contribution < 1.29 is 9.21 Å². The van der Waals surface area contributed by atoms with Crippen LogP contribution < -0.4 is 10.6 Å². The number of furan rings is 1. The normalized spacial score (nSPS) is 30.1. The number of fused-ring (bicyclic) bond motifs is 1. The minimum Gasteiger partial charge on any atom is -0.466 e. The quantitative estimate of drug-likeness (QED) is 0.857. The van der Waals surface area contributed by atoms with Crippen LogP contribution in [-0.2, 0) is 0 Å². The Balaban J connectivity index is 1.62. The fourth-order valence-corrected chi connectivity index (χ4v) is 3.55. The van der Waals surface area contributed by atoms with E-state index in [1.165, 1.54) is 6.42 Å². The summed E-state index contributed by atoms with van der Waals surface area (Å²) in [5, 5.41) is 6.63. The van der Waals surface area contributed by atoms with E-state index in [1.54, 1.807) is 0 Å². The summed E-state index contributed by atoms with van der Waals surface area (Å²) in [6, 6.07) is 2.15. The highest BCUT2D eigenvalue weighted by Gasteiger charge is 2.34. The molecule has 2 N–H and O–H groups in total. The number of hydrogen-bond acceptors (Lipinski definition) is 3. The largest absolute Gasteiger partial charge is 0.466 e. The minimum absolute atomic E-state index is 0.0174. The van der Waals surface area contributed by atoms with Gasteiger partial charge in [-0.25, -0.2) is 0 Å². The van der Waals surface area contributed by atoms with Crippen molar-refractivity contribution >= 4 is 5.91 Å². The Morgan fingerprint density at radius 1 is 1.32 bits per heavy atom. The van der Waals surface area contributed by atoms with Crippen LogP contribution in [0.2, 0.25) is 0 Å². The lowest BCUT2D eigenvalue weighted by Gasteiger charge is -2.31. The van der Waals surface area contributed by atoms with Gasteiger partial charge in [-0.1, -0.05) is 0 Å². The molecule has 3 atom stereocenters. The van der Waals surface area contributed by atoms with E-state index in [4.69, 9.17) is 4.42 Å². The van der Waals surface area contributed by atoms with Crippen LogP contribution in [-0.4, -0.2) is 25.0 Å². The molecule has 1 aliphatic carbocycles. The molecule has 4 heteroatoms. The van der Waals surface area contributed by atoms with Crippen molar-refractivity contribution in [1.82, 2.24) is 10.6 Å². The summed E-state index contributed by atoms with van der Waals surface area (Å²) in [4.78, 5) is 12.3. The van der Waals surface area contributed by atoms with Crippen LogP contribution in [0, 0.1) is 25.7 Å². The van der Waals surface area contributed by atoms with E-state index < -0.39 is 0 Å². The zero-order chi connectivity index (χ0) is 13.4. The maximum atomic E-state index is 12.3. The molecule has 0 aromatic carbocycles. The third-order valence-electron chi connectivity index (χ3n) is 4.57. The molecule has 2 aliphatic rings. The summed E-state index contributed by atoms with van der Waals surface area (Å²) in [7, 11) is 0. The van der Waals surface area contributed by atoms with E-state index in [2.05, 4.69) is 10.6 Å². The summed E-state index contributed by atoms with van der Waals surface area (Å²) in [5.74, 6) is 3.10. The van der Waals surface area contributed by atoms with E-state index >= 15 is 0 Å². The van der Waals surface area contributed by atoms with E-state index in [-0.39, 0.29) is 5.91 Å². The third kappa shape index (κ3) is 2.54. The van der Waals surface area contributed by atoms with Gasteiger partial charge in [0.25, 0.3) is 5.91 Å². The van der Waals surface area contributed by atoms with E-state index in [0.29, 0.717) is 17.4 Å². The van der Waals surface area contributed by atoms with Crippen molar-refractivity contribution in [2.45, 2.75) is 39.2 Å². The molecule has 1 saturated carbocycles. The predicted octanol–water partition coefficient (Wildman–Crippen LogP) is 2.01. The highest BCUT2D eigenvalue weighted by molar-refractivity contribution is 5.95. The lowest BCUT2D eigenvalue weighted by molar-refractivity contribution is 0.0912. The van der Waals surface area contributed by atoms with Gasteiger partial charge >= 0.3 is 0 Å². The summed E-state index contributed by atoms with van der Waals surface area (Å²) >= 11 is 0. The molecule has 0 spiro atoms. The lowest BCUT2D eigenvalue weighted by Crippen LogP contribution is -2.40. The number of hydrogen-bond donors (Lipinski definition) is 2. The first-order chi connectivity index (χ1) is 9.13. The van der Waals surface area contributed by atoms with Gasteiger partial charge in [0.1, 0.15) is 11.5 Å². The molecule has 104 valence electrons. The van der Waals surface area contributed by atoms with Crippen LogP contribution in [0.25, 0.3) is 0 Å². The van der Waals surface area contributed by atoms with Crippen LogP contribution in [0.15, 0.2) is 10.5 Å². The van der Waals surface area contributed by atoms with Gasteiger partial charge in [-0.05, 0) is 64.1 Å². The molecule has 0 bridgehead atoms. The molecule has 2 heterocycles. The second kappa shape index (κ2) is 5.00. The zero-order valence-electron chi connectivity index (χ0n) is 11.7. The smallest absolute Gasteiger partial charge is 0.255 e. The fraction of sp³-hybridized carbons (Fsp3) is 0.667. The molecule has 1 amide bonds. The van der Waals surface area contributed by atoms with Crippen LogP contribution in [0.1, 0.15) is 41.1 Å². The first kappa shape index (κ1) is 12.7. The minimum atomic E-state index is 0.0174. The standard InChI is InChI=1S/C15H22N2O2/c1-9-5-14(10(2)19-9)15(18)17-13-4-3-11-7-16-8-12(11)6-13/h5,11-13,16H,3-4,6-8H2,1-2H3,(H,17,18)/t11-,12+,13?/m0/s1. The van der Waals surface area contributed by atoms with Crippen molar-refractivity contribution in [3.8, 4) is 0 Å². The molecule has 1 aromatic heterocycles. The zero-order valence-corrected chi connectivity index (χ0v) is 11.7. The van der Waals surface area contributed by atoms with Crippen molar-refractivity contribution in [3.05, 3.63) is 23.2 Å². The molecule has 2 fully saturated rings. The van der Waals surface area contributed by atoms with Crippen LogP contribution in [0.4, 0.5) is 0 Å². The maximum absolute atomic E-state index is 12.3. The lowest BCUT2D eigenvalue weighted by atomic mass is 9.79. The summed E-state index contributed by atoms with van der Waals surface area (Å²) in [6.45, 7) is 5.99. The van der Waals surface area contributed by atoms with Gasteiger partial charge in [-0.3, -0.25) is 4.79 Å². The average Bonchev–Trinajstić information content (AvgIpc) is 2.94. The summed E-state index contributed by atoms with van der Waals surface area (Å²) in [6.07, 6.45) is 3.44. The van der Waals surface area contributed by atoms with Crippen molar-refractivity contribution in [3.63, 3.8) is 0 Å². The van der Waals surface area contributed by atoms with Gasteiger partial charge in [0, 0.05) is 6.04 Å². The van der Waals surface area contributed by atoms with Gasteiger partial charge < -0.3 is 15.1 Å². The Kier molecular flexibility index (Phi) is 3.35. The monoisotopic (exact) mass is 262 g/mol. The maximum Gasteiger partial charge on any atom is 0.255 e. The predicted molar refractivity (Wildman–Crippen MR) is 73.1 cm³/mol. The number of amides is 1. The highest BCUT2D eigenvalue weighted by Crippen LogP contribution is 2.32. The van der Waals surface area contributed by atoms with Crippen LogP contribution in [0.5, 0.6) is 0 Å². The van der Waals surface area contributed by atoms with E-state index in [0.717, 1.165) is 43.5 Å². The van der Waals surface area contributed by atoms with E-state index in [1.807, 2.05) is 19.9 Å². The number of aryl methyl sites for hydroxylation is 2. The first-order valence-electron chi connectivity index (χ1n) is 7.22. The van der Waals surface area contributed by atoms with Gasteiger partial charge in [0.15, 0.2) is 0 Å². The SMILES string of the molecule is Cc1cc(C(=O)NC2CC[C@H]3CNC[C@H]3C2)c(C)o1. The van der Waals surface area contributed by atoms with Crippen molar-refractivity contribution in [1.29, 1.82) is 0 Å². The van der Waals surface area contributed by atoms with Gasteiger partial charge in [-0.15, -0.1) is 0 Å². The molecule has 1 aromatic rings. The van der Waals surface area contributed by atoms with Gasteiger partial charge in [0.05, 0.1) is 5.56 Å². The summed E-state index contributed by atoms with van der Waals surface area (Å²) < 4.78 is 5.42.